The van der Waals surface area contributed by atoms with E-state index in [0.29, 0.717) is 0 Å². The van der Waals surface area contributed by atoms with E-state index in [1.54, 1.807) is 11.3 Å². The van der Waals surface area contributed by atoms with Crippen LogP contribution >= 0.6 is 11.3 Å². The van der Waals surface area contributed by atoms with Gasteiger partial charge in [0.2, 0.25) is 0 Å². The monoisotopic (exact) mass is 371 g/mol. The van der Waals surface area contributed by atoms with Gasteiger partial charge in [-0.2, -0.15) is 0 Å². The van der Waals surface area contributed by atoms with E-state index in [0.717, 1.165) is 55.6 Å². The van der Waals surface area contributed by atoms with Crippen molar-refractivity contribution in [2.45, 2.75) is 39.3 Å². The zero-order valence-electron chi connectivity index (χ0n) is 15.6. The summed E-state index contributed by atoms with van der Waals surface area (Å²) in [6.45, 7) is 11.3. The number of thiazole rings is 1. The molecule has 3 aromatic rings. The lowest BCUT2D eigenvalue weighted by atomic mass is 10.0. The Hall–Kier alpha value is -2.06. The molecule has 26 heavy (non-hydrogen) atoms. The number of tetrazole rings is 1. The average molecular weight is 372 g/mol. The van der Waals surface area contributed by atoms with Crippen LogP contribution in [0.1, 0.15) is 33.0 Å². The van der Waals surface area contributed by atoms with E-state index < -0.39 is 0 Å². The molecule has 0 bridgehead atoms. The minimum absolute atomic E-state index is 0.0539. The van der Waals surface area contributed by atoms with Gasteiger partial charge in [0, 0.05) is 26.2 Å². The van der Waals surface area contributed by atoms with Gasteiger partial charge < -0.3 is 4.90 Å². The van der Waals surface area contributed by atoms with E-state index in [1.807, 2.05) is 10.7 Å². The summed E-state index contributed by atoms with van der Waals surface area (Å²) in [7, 11) is 0. The summed E-state index contributed by atoms with van der Waals surface area (Å²) < 4.78 is 3.23. The van der Waals surface area contributed by atoms with Crippen LogP contribution in [0.2, 0.25) is 0 Å². The second-order valence-electron chi connectivity index (χ2n) is 7.40. The van der Waals surface area contributed by atoms with Crippen molar-refractivity contribution in [1.82, 2.24) is 30.1 Å². The summed E-state index contributed by atoms with van der Waals surface area (Å²) in [6.07, 6.45) is 0.996. The third-order valence-corrected chi connectivity index (χ3v) is 6.36. The highest BCUT2D eigenvalue weighted by molar-refractivity contribution is 7.22. The van der Waals surface area contributed by atoms with Gasteiger partial charge in [-0.3, -0.25) is 4.90 Å². The standard InChI is InChI=1S/C18H25N7S/c1-4-18(2,3)25-16(20-21-22-25)13-23-9-11-24(12-10-23)17-19-14-7-5-6-8-15(14)26-17/h5-8H,4,9-13H2,1-3H3. The molecule has 1 fully saturated rings. The fourth-order valence-electron chi connectivity index (χ4n) is 3.22. The SMILES string of the molecule is CCC(C)(C)n1nnnc1CN1CCN(c2nc3ccccc3s2)CC1. The van der Waals surface area contributed by atoms with Gasteiger partial charge in [-0.15, -0.1) is 5.10 Å². The second-order valence-corrected chi connectivity index (χ2v) is 8.41. The highest BCUT2D eigenvalue weighted by atomic mass is 32.1. The van der Waals surface area contributed by atoms with Crippen molar-refractivity contribution >= 4 is 26.7 Å². The van der Waals surface area contributed by atoms with Crippen molar-refractivity contribution in [3.63, 3.8) is 0 Å². The molecular weight excluding hydrogens is 346 g/mol. The van der Waals surface area contributed by atoms with Crippen LogP contribution in [-0.2, 0) is 12.1 Å². The zero-order valence-corrected chi connectivity index (χ0v) is 16.4. The summed E-state index contributed by atoms with van der Waals surface area (Å²) >= 11 is 1.78. The lowest BCUT2D eigenvalue weighted by molar-refractivity contribution is 0.221. The first-order valence-corrected chi connectivity index (χ1v) is 9.99. The van der Waals surface area contributed by atoms with Crippen molar-refractivity contribution in [3.8, 4) is 0 Å². The third kappa shape index (κ3) is 3.31. The number of para-hydroxylation sites is 1. The van der Waals surface area contributed by atoms with Crippen LogP contribution in [0.25, 0.3) is 10.2 Å². The van der Waals surface area contributed by atoms with Gasteiger partial charge in [0.25, 0.3) is 0 Å². The number of benzene rings is 1. The largest absolute Gasteiger partial charge is 0.345 e. The number of fused-ring (bicyclic) bond motifs is 1. The molecule has 8 heteroatoms. The molecule has 1 aliphatic heterocycles. The molecule has 7 nitrogen and oxygen atoms in total. The molecule has 1 saturated heterocycles. The Kier molecular flexibility index (Phi) is 4.62. The normalized spacial score (nSPS) is 16.5. The Morgan fingerprint density at radius 1 is 1.12 bits per heavy atom. The summed E-state index contributed by atoms with van der Waals surface area (Å²) in [5.74, 6) is 0.949. The fourth-order valence-corrected chi connectivity index (χ4v) is 4.23. The molecule has 1 aliphatic rings. The summed E-state index contributed by atoms with van der Waals surface area (Å²) in [6, 6.07) is 8.35. The molecule has 3 heterocycles. The highest BCUT2D eigenvalue weighted by Gasteiger charge is 2.26. The molecule has 0 radical (unpaired) electrons. The molecule has 1 aromatic carbocycles. The summed E-state index contributed by atoms with van der Waals surface area (Å²) in [5.41, 5.74) is 1.04. The lowest BCUT2D eigenvalue weighted by Crippen LogP contribution is -2.46. The number of nitrogens with zero attached hydrogens (tertiary/aromatic N) is 7. The van der Waals surface area contributed by atoms with Crippen molar-refractivity contribution < 1.29 is 0 Å². The topological polar surface area (TPSA) is 63.0 Å². The van der Waals surface area contributed by atoms with E-state index >= 15 is 0 Å². The molecule has 0 aliphatic carbocycles. The van der Waals surface area contributed by atoms with Gasteiger partial charge in [-0.05, 0) is 42.8 Å². The van der Waals surface area contributed by atoms with Crippen LogP contribution < -0.4 is 4.90 Å². The smallest absolute Gasteiger partial charge is 0.186 e. The summed E-state index contributed by atoms with van der Waals surface area (Å²) in [5, 5.41) is 13.5. The Balaban J connectivity index is 1.41. The quantitative estimate of drug-likeness (QED) is 0.687. The van der Waals surface area contributed by atoms with Gasteiger partial charge in [-0.25, -0.2) is 9.67 Å². The maximum atomic E-state index is 4.78. The second kappa shape index (κ2) is 6.92. The first-order valence-electron chi connectivity index (χ1n) is 9.17. The number of anilines is 1. The van der Waals surface area contributed by atoms with Gasteiger partial charge in [0.1, 0.15) is 0 Å². The average Bonchev–Trinajstić information content (AvgIpc) is 3.29. The van der Waals surface area contributed by atoms with Gasteiger partial charge in [0.05, 0.1) is 22.3 Å². The minimum Gasteiger partial charge on any atom is -0.345 e. The van der Waals surface area contributed by atoms with E-state index in [9.17, 15) is 0 Å². The Labute approximate surface area is 157 Å². The molecular formula is C18H25N7S. The molecule has 0 spiro atoms. The molecule has 4 rings (SSSR count). The molecule has 0 unspecified atom stereocenters. The van der Waals surface area contributed by atoms with E-state index in [1.165, 1.54) is 4.70 Å². The minimum atomic E-state index is -0.0539. The molecule has 2 aromatic heterocycles. The maximum absolute atomic E-state index is 4.78. The van der Waals surface area contributed by atoms with Gasteiger partial charge in [0.15, 0.2) is 11.0 Å². The Bertz CT molecular complexity index is 843. The molecule has 138 valence electrons. The zero-order chi connectivity index (χ0) is 18.1. The van der Waals surface area contributed by atoms with Crippen LogP contribution in [0.15, 0.2) is 24.3 Å². The highest BCUT2D eigenvalue weighted by Crippen LogP contribution is 2.29. The van der Waals surface area contributed by atoms with Crippen LogP contribution in [0, 0.1) is 0 Å². The van der Waals surface area contributed by atoms with Crippen LogP contribution in [0.3, 0.4) is 0 Å². The van der Waals surface area contributed by atoms with E-state index in [4.69, 9.17) is 4.98 Å². The molecule has 0 amide bonds. The van der Waals surface area contributed by atoms with Crippen molar-refractivity contribution in [2.24, 2.45) is 0 Å². The lowest BCUT2D eigenvalue weighted by Gasteiger charge is -2.34. The van der Waals surface area contributed by atoms with Crippen molar-refractivity contribution in [3.05, 3.63) is 30.1 Å². The number of aromatic nitrogens is 5. The Morgan fingerprint density at radius 3 is 2.62 bits per heavy atom. The van der Waals surface area contributed by atoms with Gasteiger partial charge >= 0.3 is 0 Å². The predicted octanol–water partition coefficient (Wildman–Crippen LogP) is 2.75. The van der Waals surface area contributed by atoms with Crippen LogP contribution in [-0.4, -0.2) is 56.3 Å². The maximum Gasteiger partial charge on any atom is 0.186 e. The first kappa shape index (κ1) is 17.4. The first-order chi connectivity index (χ1) is 12.6. The number of piperazine rings is 1. The van der Waals surface area contributed by atoms with Gasteiger partial charge in [-0.1, -0.05) is 30.4 Å². The van der Waals surface area contributed by atoms with Crippen molar-refractivity contribution in [2.75, 3.05) is 31.1 Å². The third-order valence-electron chi connectivity index (χ3n) is 5.26. The fraction of sp³-hybridized carbons (Fsp3) is 0.556. The van der Waals surface area contributed by atoms with Crippen LogP contribution in [0.5, 0.6) is 0 Å². The van der Waals surface area contributed by atoms with E-state index in [2.05, 4.69) is 64.3 Å². The van der Waals surface area contributed by atoms with E-state index in [-0.39, 0.29) is 5.54 Å². The predicted molar refractivity (Wildman–Crippen MR) is 105 cm³/mol. The molecule has 0 saturated carbocycles. The van der Waals surface area contributed by atoms with Crippen molar-refractivity contribution in [1.29, 1.82) is 0 Å². The van der Waals surface area contributed by atoms with Crippen LogP contribution in [0.4, 0.5) is 5.13 Å². The molecule has 0 N–H and O–H groups in total. The summed E-state index contributed by atoms with van der Waals surface area (Å²) in [4.78, 5) is 9.60. The Morgan fingerprint density at radius 2 is 1.88 bits per heavy atom. The number of hydrogen-bond acceptors (Lipinski definition) is 7. The number of rotatable bonds is 5. The number of hydrogen-bond donors (Lipinski definition) is 0. The molecule has 0 atom stereocenters.